The second-order valence-electron chi connectivity index (χ2n) is 5.63. The molecule has 2 aromatic rings. The van der Waals surface area contributed by atoms with Crippen molar-refractivity contribution in [1.29, 1.82) is 0 Å². The van der Waals surface area contributed by atoms with Gasteiger partial charge in [-0.25, -0.2) is 4.79 Å². The van der Waals surface area contributed by atoms with Gasteiger partial charge in [0.05, 0.1) is 12.1 Å². The van der Waals surface area contributed by atoms with Crippen molar-refractivity contribution in [2.45, 2.75) is 18.4 Å². The number of amides is 4. The number of imide groups is 1. The van der Waals surface area contributed by atoms with Crippen LogP contribution in [0.1, 0.15) is 15.9 Å². The van der Waals surface area contributed by atoms with Gasteiger partial charge in [0.1, 0.15) is 0 Å². The third-order valence-corrected chi connectivity index (χ3v) is 3.82. The molecule has 0 aliphatic carbocycles. The second-order valence-corrected chi connectivity index (χ2v) is 5.63. The molecule has 3 rings (SSSR count). The normalized spacial score (nSPS) is 19.7. The van der Waals surface area contributed by atoms with Crippen molar-refractivity contribution in [1.82, 2.24) is 25.5 Å². The van der Waals surface area contributed by atoms with Crippen LogP contribution in [-0.2, 0) is 11.3 Å². The summed E-state index contributed by atoms with van der Waals surface area (Å²) in [6.07, 6.45) is -0.171. The fourth-order valence-corrected chi connectivity index (χ4v) is 2.48. The Bertz CT molecular complexity index is 876. The van der Waals surface area contributed by atoms with Crippen LogP contribution >= 0.6 is 0 Å². The minimum atomic E-state index is -5.28. The summed E-state index contributed by atoms with van der Waals surface area (Å²) in [6, 6.07) is 4.29. The maximum absolute atomic E-state index is 13.7. The largest absolute Gasteiger partial charge is 0.440 e. The van der Waals surface area contributed by atoms with Gasteiger partial charge in [0.2, 0.25) is 0 Å². The van der Waals surface area contributed by atoms with Crippen LogP contribution < -0.4 is 10.6 Å². The summed E-state index contributed by atoms with van der Waals surface area (Å²) in [5.41, 5.74) is -3.43. The van der Waals surface area contributed by atoms with E-state index < -0.39 is 36.2 Å². The summed E-state index contributed by atoms with van der Waals surface area (Å²) < 4.78 is 41.2. The van der Waals surface area contributed by atoms with Crippen LogP contribution in [0.2, 0.25) is 0 Å². The number of urea groups is 1. The van der Waals surface area contributed by atoms with Crippen molar-refractivity contribution in [3.8, 4) is 0 Å². The smallest absolute Gasteiger partial charge is 0.314 e. The third-order valence-electron chi connectivity index (χ3n) is 3.82. The van der Waals surface area contributed by atoms with E-state index in [4.69, 9.17) is 0 Å². The number of carbonyl (C=O) groups is 3. The van der Waals surface area contributed by atoms with Crippen LogP contribution in [0, 0.1) is 0 Å². The van der Waals surface area contributed by atoms with Gasteiger partial charge in [0.25, 0.3) is 17.5 Å². The summed E-state index contributed by atoms with van der Waals surface area (Å²) in [5.74, 6) is -2.85. The molecule has 3 heterocycles. The molecule has 4 amide bonds. The van der Waals surface area contributed by atoms with Gasteiger partial charge in [-0.05, 0) is 23.8 Å². The molecule has 0 saturated carbocycles. The SMILES string of the molecule is O=C(NC1(C(F)(F)F)NC(=O)N(Cc2cccnc2)C1=O)c1cccnc1. The Kier molecular flexibility index (Phi) is 4.52. The van der Waals surface area contributed by atoms with Gasteiger partial charge >= 0.3 is 12.2 Å². The van der Waals surface area contributed by atoms with Gasteiger partial charge in [0, 0.05) is 24.8 Å². The lowest BCUT2D eigenvalue weighted by atomic mass is 10.1. The van der Waals surface area contributed by atoms with Crippen molar-refractivity contribution in [3.63, 3.8) is 0 Å². The van der Waals surface area contributed by atoms with E-state index >= 15 is 0 Å². The molecule has 27 heavy (non-hydrogen) atoms. The topological polar surface area (TPSA) is 104 Å². The number of aromatic nitrogens is 2. The minimum absolute atomic E-state index is 0.200. The summed E-state index contributed by atoms with van der Waals surface area (Å²) in [4.78, 5) is 44.6. The van der Waals surface area contributed by atoms with E-state index in [0.29, 0.717) is 10.5 Å². The minimum Gasteiger partial charge on any atom is -0.314 e. The van der Waals surface area contributed by atoms with Gasteiger partial charge in [-0.2, -0.15) is 13.2 Å². The van der Waals surface area contributed by atoms with E-state index in [-0.39, 0.29) is 5.56 Å². The highest BCUT2D eigenvalue weighted by molar-refractivity contribution is 6.10. The van der Waals surface area contributed by atoms with Crippen LogP contribution in [0.4, 0.5) is 18.0 Å². The van der Waals surface area contributed by atoms with Crippen molar-refractivity contribution in [3.05, 3.63) is 60.2 Å². The van der Waals surface area contributed by atoms with Crippen molar-refractivity contribution >= 4 is 17.8 Å². The van der Waals surface area contributed by atoms with Gasteiger partial charge in [-0.1, -0.05) is 6.07 Å². The van der Waals surface area contributed by atoms with Gasteiger partial charge in [-0.3, -0.25) is 29.8 Å². The molecule has 1 saturated heterocycles. The number of halogens is 3. The fourth-order valence-electron chi connectivity index (χ4n) is 2.48. The zero-order valence-corrected chi connectivity index (χ0v) is 13.5. The number of nitrogens with zero attached hydrogens (tertiary/aromatic N) is 3. The lowest BCUT2D eigenvalue weighted by Gasteiger charge is -2.29. The molecule has 1 aliphatic heterocycles. The van der Waals surface area contributed by atoms with E-state index in [1.54, 1.807) is 10.6 Å². The molecule has 0 spiro atoms. The van der Waals surface area contributed by atoms with E-state index in [0.717, 1.165) is 6.20 Å². The molecule has 0 radical (unpaired) electrons. The highest BCUT2D eigenvalue weighted by Crippen LogP contribution is 2.34. The summed E-state index contributed by atoms with van der Waals surface area (Å²) in [7, 11) is 0. The van der Waals surface area contributed by atoms with Gasteiger partial charge < -0.3 is 5.32 Å². The van der Waals surface area contributed by atoms with Crippen molar-refractivity contribution < 1.29 is 27.6 Å². The van der Waals surface area contributed by atoms with Gasteiger partial charge in [0.15, 0.2) is 0 Å². The predicted molar refractivity (Wildman–Crippen MR) is 83.8 cm³/mol. The van der Waals surface area contributed by atoms with E-state index in [1.165, 1.54) is 42.9 Å². The number of nitrogens with one attached hydrogen (secondary N) is 2. The Balaban J connectivity index is 1.92. The lowest BCUT2D eigenvalue weighted by molar-refractivity contribution is -0.200. The van der Waals surface area contributed by atoms with E-state index in [1.807, 2.05) is 0 Å². The number of hydrogen-bond acceptors (Lipinski definition) is 5. The Morgan fingerprint density at radius 2 is 1.81 bits per heavy atom. The molecule has 11 heteroatoms. The van der Waals surface area contributed by atoms with Crippen molar-refractivity contribution in [2.75, 3.05) is 0 Å². The molecule has 1 unspecified atom stereocenters. The first kappa shape index (κ1) is 18.3. The Hall–Kier alpha value is -3.50. The molecule has 2 aromatic heterocycles. The lowest BCUT2D eigenvalue weighted by Crippen LogP contribution is -2.69. The van der Waals surface area contributed by atoms with Crippen LogP contribution in [-0.4, -0.2) is 44.6 Å². The number of pyridine rings is 2. The molecule has 0 bridgehead atoms. The monoisotopic (exact) mass is 379 g/mol. The molecular formula is C16H12F3N5O3. The van der Waals surface area contributed by atoms with Crippen LogP contribution in [0.15, 0.2) is 49.1 Å². The first-order valence-electron chi connectivity index (χ1n) is 7.57. The number of rotatable bonds is 4. The first-order chi connectivity index (χ1) is 12.7. The fraction of sp³-hybridized carbons (Fsp3) is 0.188. The summed E-state index contributed by atoms with van der Waals surface area (Å²) >= 11 is 0. The quantitative estimate of drug-likeness (QED) is 0.778. The van der Waals surface area contributed by atoms with Gasteiger partial charge in [-0.15, -0.1) is 0 Å². The van der Waals surface area contributed by atoms with Crippen LogP contribution in [0.25, 0.3) is 0 Å². The first-order valence-corrected chi connectivity index (χ1v) is 7.57. The Morgan fingerprint density at radius 3 is 2.37 bits per heavy atom. The second kappa shape index (κ2) is 6.67. The van der Waals surface area contributed by atoms with Crippen molar-refractivity contribution in [2.24, 2.45) is 0 Å². The Morgan fingerprint density at radius 1 is 1.15 bits per heavy atom. The third kappa shape index (κ3) is 3.30. The molecule has 8 nitrogen and oxygen atoms in total. The standard InChI is InChI=1S/C16H12F3N5O3/c17-16(18,19)15(22-12(25)11-4-2-6-21-8-11)13(26)24(14(27)23-15)9-10-3-1-5-20-7-10/h1-8H,9H2,(H,22,25)(H,23,27). The molecule has 0 aromatic carbocycles. The molecular weight excluding hydrogens is 367 g/mol. The maximum Gasteiger partial charge on any atom is 0.440 e. The predicted octanol–water partition coefficient (Wildman–Crippen LogP) is 1.22. The average molecular weight is 379 g/mol. The average Bonchev–Trinajstić information content (AvgIpc) is 2.88. The summed E-state index contributed by atoms with van der Waals surface area (Å²) in [5, 5.41) is 3.17. The van der Waals surface area contributed by atoms with E-state index in [9.17, 15) is 27.6 Å². The number of alkyl halides is 3. The number of carbonyl (C=O) groups excluding carboxylic acids is 3. The molecule has 1 aliphatic rings. The highest BCUT2D eigenvalue weighted by Gasteiger charge is 2.68. The van der Waals surface area contributed by atoms with Crippen LogP contribution in [0.5, 0.6) is 0 Å². The van der Waals surface area contributed by atoms with Crippen LogP contribution in [0.3, 0.4) is 0 Å². The molecule has 140 valence electrons. The Labute approximate surface area is 150 Å². The molecule has 1 atom stereocenters. The molecule has 1 fully saturated rings. The molecule has 2 N–H and O–H groups in total. The highest BCUT2D eigenvalue weighted by atomic mass is 19.4. The number of hydrogen-bond donors (Lipinski definition) is 2. The zero-order valence-electron chi connectivity index (χ0n) is 13.5. The maximum atomic E-state index is 13.7. The van der Waals surface area contributed by atoms with E-state index in [2.05, 4.69) is 9.97 Å². The zero-order chi connectivity index (χ0) is 19.7. The summed E-state index contributed by atoms with van der Waals surface area (Å²) in [6.45, 7) is -0.431.